The van der Waals surface area contributed by atoms with Gasteiger partial charge in [0.25, 0.3) is 0 Å². The van der Waals surface area contributed by atoms with E-state index in [0.717, 1.165) is 44.6 Å². The van der Waals surface area contributed by atoms with Crippen LogP contribution in [0.25, 0.3) is 0 Å². The third kappa shape index (κ3) is 10.5. The van der Waals surface area contributed by atoms with Crippen molar-refractivity contribution in [3.05, 3.63) is 71.8 Å². The van der Waals surface area contributed by atoms with Crippen LogP contribution in [0.1, 0.15) is 82.3 Å². The average Bonchev–Trinajstić information content (AvgIpc) is 3.78. The summed E-state index contributed by atoms with van der Waals surface area (Å²) >= 11 is 0. The molecule has 6 rings (SSSR count). The lowest BCUT2D eigenvalue weighted by atomic mass is 9.89. The second-order valence-corrected chi connectivity index (χ2v) is 14.2. The second kappa shape index (κ2) is 17.2. The molecule has 8 nitrogen and oxygen atoms in total. The average molecular weight is 638 g/mol. The number of likely N-dealkylation sites (tertiary alicyclic amines) is 3. The molecule has 4 aliphatic heterocycles. The van der Waals surface area contributed by atoms with Crippen LogP contribution in [0.2, 0.25) is 0 Å². The molecule has 2 amide bonds. The number of carbonyl (C=O) groups is 2. The summed E-state index contributed by atoms with van der Waals surface area (Å²) in [6, 6.07) is 23.0. The Kier molecular flexibility index (Phi) is 13.4. The Morgan fingerprint density at radius 3 is 1.76 bits per heavy atom. The molecule has 9 heteroatoms. The molecule has 46 heavy (non-hydrogen) atoms. The van der Waals surface area contributed by atoms with Gasteiger partial charge in [-0.1, -0.05) is 60.7 Å². The number of amides is 2. The molecule has 254 valence electrons. The minimum absolute atomic E-state index is 0. The van der Waals surface area contributed by atoms with Crippen molar-refractivity contribution in [2.45, 2.75) is 88.8 Å². The van der Waals surface area contributed by atoms with E-state index >= 15 is 0 Å². The summed E-state index contributed by atoms with van der Waals surface area (Å²) in [5.74, 6) is 1.41. The van der Waals surface area contributed by atoms with E-state index in [1.165, 1.54) is 69.4 Å². The predicted octanol–water partition coefficient (Wildman–Crippen LogP) is 5.37. The lowest BCUT2D eigenvalue weighted by Crippen LogP contribution is -2.45. The third-order valence-corrected chi connectivity index (χ3v) is 9.97. The molecule has 2 aromatic rings. The van der Waals surface area contributed by atoms with Crippen molar-refractivity contribution in [2.75, 3.05) is 58.9 Å². The maximum absolute atomic E-state index is 12.4. The molecule has 2 aromatic carbocycles. The smallest absolute Gasteiger partial charge is 0.408 e. The van der Waals surface area contributed by atoms with Gasteiger partial charge in [-0.3, -0.25) is 19.3 Å². The molecule has 4 saturated heterocycles. The fourth-order valence-electron chi connectivity index (χ4n) is 7.44. The highest BCUT2D eigenvalue weighted by Crippen LogP contribution is 2.31. The zero-order chi connectivity index (χ0) is 31.6. The standard InChI is InChI=1S/C22H33N3O3.C15H22N2.FH/c1-22(2,3)28-21(27)23-15-20(26)25-14-11-19(16-25)24-12-9-18(10-13-24)17-7-5-4-6-8-17;1-2-4-13(5-3-1)14-7-10-17(11-8-14)15-6-9-16-12-15;/h4-8,18-19H,9-16H2,1-3H3,(H,23,27);1-5,14-16H,6-12H2;1H. The number of ether oxygens (including phenoxy) is 1. The molecule has 2 unspecified atom stereocenters. The van der Waals surface area contributed by atoms with E-state index in [9.17, 15) is 9.59 Å². The van der Waals surface area contributed by atoms with E-state index in [1.54, 1.807) is 20.8 Å². The molecule has 0 saturated carbocycles. The fraction of sp³-hybridized carbons (Fsp3) is 0.622. The van der Waals surface area contributed by atoms with Crippen molar-refractivity contribution in [2.24, 2.45) is 0 Å². The molecule has 0 radical (unpaired) electrons. The maximum Gasteiger partial charge on any atom is 0.408 e. The van der Waals surface area contributed by atoms with Crippen molar-refractivity contribution in [3.8, 4) is 0 Å². The van der Waals surface area contributed by atoms with Gasteiger partial charge in [-0.05, 0) is 115 Å². The van der Waals surface area contributed by atoms with Gasteiger partial charge >= 0.3 is 6.09 Å². The Bertz CT molecular complexity index is 1190. The van der Waals surface area contributed by atoms with Crippen molar-refractivity contribution in [3.63, 3.8) is 0 Å². The van der Waals surface area contributed by atoms with Crippen molar-refractivity contribution < 1.29 is 19.0 Å². The van der Waals surface area contributed by atoms with E-state index in [2.05, 4.69) is 81.1 Å². The van der Waals surface area contributed by atoms with Gasteiger partial charge in [0.05, 0.1) is 0 Å². The second-order valence-electron chi connectivity index (χ2n) is 14.2. The molecule has 2 N–H and O–H groups in total. The Morgan fingerprint density at radius 1 is 0.761 bits per heavy atom. The first-order chi connectivity index (χ1) is 21.7. The summed E-state index contributed by atoms with van der Waals surface area (Å²) in [5, 5.41) is 6.04. The number of hydrogen-bond acceptors (Lipinski definition) is 6. The number of piperidine rings is 2. The summed E-state index contributed by atoms with van der Waals surface area (Å²) in [6.45, 7) is 14.1. The number of nitrogens with one attached hydrogen (secondary N) is 2. The monoisotopic (exact) mass is 637 g/mol. The lowest BCUT2D eigenvalue weighted by Gasteiger charge is -2.36. The molecule has 0 bridgehead atoms. The quantitative estimate of drug-likeness (QED) is 0.444. The van der Waals surface area contributed by atoms with Gasteiger partial charge in [-0.15, -0.1) is 0 Å². The van der Waals surface area contributed by atoms with Crippen LogP contribution < -0.4 is 10.6 Å². The molecule has 4 aliphatic rings. The normalized spacial score (nSPS) is 23.2. The Labute approximate surface area is 275 Å². The van der Waals surface area contributed by atoms with E-state index in [0.29, 0.717) is 12.0 Å². The number of hydrogen-bond donors (Lipinski definition) is 2. The van der Waals surface area contributed by atoms with Crippen LogP contribution in [-0.4, -0.2) is 103 Å². The van der Waals surface area contributed by atoms with Gasteiger partial charge in [-0.25, -0.2) is 4.79 Å². The van der Waals surface area contributed by atoms with Crippen LogP contribution in [0.3, 0.4) is 0 Å². The fourth-order valence-corrected chi connectivity index (χ4v) is 7.44. The Balaban J connectivity index is 0.000000228. The third-order valence-electron chi connectivity index (χ3n) is 9.97. The summed E-state index contributed by atoms with van der Waals surface area (Å²) in [6.07, 6.45) is 6.83. The zero-order valence-electron chi connectivity index (χ0n) is 28.2. The summed E-state index contributed by atoms with van der Waals surface area (Å²) in [5.41, 5.74) is 2.42. The molecular weight excluding hydrogens is 581 g/mol. The molecular formula is C37H56FN5O3. The SMILES string of the molecule is CC(C)(C)OC(=O)NCC(=O)N1CCC(N2CCC(c3ccccc3)CC2)C1.F.c1ccc(C2CCN(C3CCNC3)CC2)cc1. The maximum atomic E-state index is 12.4. The Hall–Kier alpha value is -3.01. The van der Waals surface area contributed by atoms with Crippen LogP contribution >= 0.6 is 0 Å². The number of alkyl carbamates (subject to hydrolysis) is 1. The first-order valence-electron chi connectivity index (χ1n) is 17.3. The highest BCUT2D eigenvalue weighted by molar-refractivity contribution is 5.82. The van der Waals surface area contributed by atoms with E-state index in [4.69, 9.17) is 4.74 Å². The molecule has 0 aliphatic carbocycles. The van der Waals surface area contributed by atoms with Crippen molar-refractivity contribution >= 4 is 12.0 Å². The molecule has 4 fully saturated rings. The van der Waals surface area contributed by atoms with Crippen LogP contribution in [0.4, 0.5) is 9.50 Å². The highest BCUT2D eigenvalue weighted by atomic mass is 19.0. The van der Waals surface area contributed by atoms with Gasteiger partial charge in [-0.2, -0.15) is 0 Å². The summed E-state index contributed by atoms with van der Waals surface area (Å²) in [4.78, 5) is 31.2. The van der Waals surface area contributed by atoms with Gasteiger partial charge in [0.2, 0.25) is 5.91 Å². The van der Waals surface area contributed by atoms with Crippen LogP contribution in [0.15, 0.2) is 60.7 Å². The number of rotatable bonds is 6. The van der Waals surface area contributed by atoms with E-state index in [1.807, 2.05) is 4.90 Å². The molecule has 0 aromatic heterocycles. The van der Waals surface area contributed by atoms with Crippen LogP contribution in [0, 0.1) is 0 Å². The van der Waals surface area contributed by atoms with Crippen LogP contribution in [0.5, 0.6) is 0 Å². The van der Waals surface area contributed by atoms with Gasteiger partial charge in [0.15, 0.2) is 0 Å². The minimum Gasteiger partial charge on any atom is -0.444 e. The predicted molar refractivity (Wildman–Crippen MR) is 183 cm³/mol. The number of benzene rings is 2. The first kappa shape index (κ1) is 35.8. The minimum atomic E-state index is -0.558. The van der Waals surface area contributed by atoms with Crippen molar-refractivity contribution in [1.82, 2.24) is 25.3 Å². The Morgan fingerprint density at radius 2 is 1.28 bits per heavy atom. The number of nitrogens with zero attached hydrogens (tertiary/aromatic N) is 3. The lowest BCUT2D eigenvalue weighted by molar-refractivity contribution is -0.129. The molecule has 4 heterocycles. The highest BCUT2D eigenvalue weighted by Gasteiger charge is 2.33. The van der Waals surface area contributed by atoms with Gasteiger partial charge in [0.1, 0.15) is 12.1 Å². The van der Waals surface area contributed by atoms with Crippen molar-refractivity contribution in [1.29, 1.82) is 0 Å². The summed E-state index contributed by atoms with van der Waals surface area (Å²) < 4.78 is 5.18. The van der Waals surface area contributed by atoms with Crippen LogP contribution in [-0.2, 0) is 9.53 Å². The van der Waals surface area contributed by atoms with E-state index < -0.39 is 11.7 Å². The first-order valence-corrected chi connectivity index (χ1v) is 17.3. The largest absolute Gasteiger partial charge is 0.444 e. The zero-order valence-corrected chi connectivity index (χ0v) is 28.2. The number of carbonyl (C=O) groups excluding carboxylic acids is 2. The van der Waals surface area contributed by atoms with Gasteiger partial charge in [0, 0.05) is 31.7 Å². The van der Waals surface area contributed by atoms with Gasteiger partial charge < -0.3 is 20.3 Å². The topological polar surface area (TPSA) is 77.2 Å². The molecule has 2 atom stereocenters. The molecule has 0 spiro atoms. The summed E-state index contributed by atoms with van der Waals surface area (Å²) in [7, 11) is 0. The van der Waals surface area contributed by atoms with E-state index in [-0.39, 0.29) is 17.2 Å². The number of halogens is 1.